The van der Waals surface area contributed by atoms with Crippen LogP contribution in [0.5, 0.6) is 5.75 Å². The maximum atomic E-state index is 5.37. The van der Waals surface area contributed by atoms with Crippen LogP contribution >= 0.6 is 0 Å². The van der Waals surface area contributed by atoms with Crippen molar-refractivity contribution in [2.75, 3.05) is 6.61 Å². The fourth-order valence-electron chi connectivity index (χ4n) is 3.08. The zero-order chi connectivity index (χ0) is 14.8. The summed E-state index contributed by atoms with van der Waals surface area (Å²) in [5, 5.41) is 0. The van der Waals surface area contributed by atoms with Gasteiger partial charge in [0.1, 0.15) is 0 Å². The second-order valence-electron chi connectivity index (χ2n) is 6.13. The van der Waals surface area contributed by atoms with Crippen molar-refractivity contribution in [1.82, 2.24) is 0 Å². The highest BCUT2D eigenvalue weighted by Crippen LogP contribution is 2.27. The molecule has 0 saturated heterocycles. The average molecular weight is 290 g/mol. The maximum Gasteiger partial charge on any atom is 0.168 e. The average Bonchev–Trinajstić information content (AvgIpc) is 2.61. The van der Waals surface area contributed by atoms with E-state index in [1.807, 2.05) is 6.07 Å². The van der Waals surface area contributed by atoms with Crippen molar-refractivity contribution < 1.29 is 9.78 Å². The van der Waals surface area contributed by atoms with Crippen LogP contribution in [0.1, 0.15) is 75.8 Å². The minimum atomic E-state index is 0.665. The molecule has 21 heavy (non-hydrogen) atoms. The van der Waals surface area contributed by atoms with E-state index in [4.69, 9.17) is 9.78 Å². The Morgan fingerprint density at radius 2 is 1.62 bits per heavy atom. The molecule has 1 aliphatic heterocycles. The molecule has 1 aliphatic rings. The van der Waals surface area contributed by atoms with Gasteiger partial charge in [0.2, 0.25) is 0 Å². The summed E-state index contributed by atoms with van der Waals surface area (Å²) in [5.41, 5.74) is 2.78. The molecule has 0 radical (unpaired) electrons. The molecule has 1 aromatic carbocycles. The number of unbranched alkanes of at least 4 members (excludes halogenated alkanes) is 8. The number of rotatable bonds is 10. The first-order valence-electron chi connectivity index (χ1n) is 8.82. The molecule has 1 heterocycles. The lowest BCUT2D eigenvalue weighted by molar-refractivity contribution is -0.203. The van der Waals surface area contributed by atoms with Gasteiger partial charge in [0, 0.05) is 12.0 Å². The molecule has 0 aromatic heterocycles. The highest BCUT2D eigenvalue weighted by atomic mass is 17.2. The number of hydrogen-bond acceptors (Lipinski definition) is 2. The second kappa shape index (κ2) is 9.83. The van der Waals surface area contributed by atoms with Crippen LogP contribution in [-0.4, -0.2) is 6.61 Å². The summed E-state index contributed by atoms with van der Waals surface area (Å²) >= 11 is 0. The number of hydrogen-bond donors (Lipinski definition) is 0. The van der Waals surface area contributed by atoms with E-state index in [0.717, 1.165) is 18.6 Å². The lowest BCUT2D eigenvalue weighted by Crippen LogP contribution is -1.96. The van der Waals surface area contributed by atoms with Gasteiger partial charge in [-0.05, 0) is 24.5 Å². The predicted molar refractivity (Wildman–Crippen MR) is 87.7 cm³/mol. The fourth-order valence-corrected chi connectivity index (χ4v) is 3.08. The summed E-state index contributed by atoms with van der Waals surface area (Å²) in [6.07, 6.45) is 14.5. The molecule has 0 saturated carbocycles. The van der Waals surface area contributed by atoms with E-state index in [0.29, 0.717) is 6.61 Å². The molecular weight excluding hydrogens is 260 g/mol. The smallest absolute Gasteiger partial charge is 0.168 e. The van der Waals surface area contributed by atoms with Crippen LogP contribution in [0.25, 0.3) is 0 Å². The van der Waals surface area contributed by atoms with Gasteiger partial charge in [-0.2, -0.15) is 4.89 Å². The first-order valence-corrected chi connectivity index (χ1v) is 8.82. The Kier molecular flexibility index (Phi) is 7.66. The van der Waals surface area contributed by atoms with E-state index in [2.05, 4.69) is 19.1 Å². The second-order valence-corrected chi connectivity index (χ2v) is 6.13. The Balaban J connectivity index is 1.61. The Bertz CT molecular complexity index is 376. The zero-order valence-electron chi connectivity index (χ0n) is 13.5. The monoisotopic (exact) mass is 290 g/mol. The summed E-state index contributed by atoms with van der Waals surface area (Å²) in [5.74, 6) is 0.935. The molecule has 0 spiro atoms. The van der Waals surface area contributed by atoms with E-state index in [1.165, 1.54) is 68.9 Å². The van der Waals surface area contributed by atoms with Crippen LogP contribution in [0.2, 0.25) is 0 Å². The van der Waals surface area contributed by atoms with Gasteiger partial charge < -0.3 is 4.89 Å². The highest BCUT2D eigenvalue weighted by molar-refractivity contribution is 5.40. The van der Waals surface area contributed by atoms with Crippen molar-refractivity contribution in [2.24, 2.45) is 0 Å². The van der Waals surface area contributed by atoms with Crippen molar-refractivity contribution in [3.8, 4) is 5.75 Å². The molecule has 2 bridgehead atoms. The molecule has 0 fully saturated rings. The van der Waals surface area contributed by atoms with Crippen LogP contribution in [0.4, 0.5) is 0 Å². The third kappa shape index (κ3) is 5.70. The number of fused-ring (bicyclic) bond motifs is 2. The van der Waals surface area contributed by atoms with Gasteiger partial charge in [-0.3, -0.25) is 0 Å². The fraction of sp³-hybridized carbons (Fsp3) is 0.684. The molecule has 0 aliphatic carbocycles. The minimum Gasteiger partial charge on any atom is -0.337 e. The predicted octanol–water partition coefficient (Wildman–Crippen LogP) is 5.63. The standard InChI is InChI=1S/C19H30O2/c1-2-3-4-5-6-7-8-9-10-13-18-17-12-11-14-19(18)21-20-16-15-17/h11-12,14H,2-10,13,15-16H2,1H3. The number of benzene rings is 1. The van der Waals surface area contributed by atoms with Crippen LogP contribution in [0, 0.1) is 0 Å². The third-order valence-corrected chi connectivity index (χ3v) is 4.36. The largest absolute Gasteiger partial charge is 0.337 e. The summed E-state index contributed by atoms with van der Waals surface area (Å²) in [6.45, 7) is 2.94. The molecule has 0 atom stereocenters. The topological polar surface area (TPSA) is 18.5 Å². The van der Waals surface area contributed by atoms with E-state index in [-0.39, 0.29) is 0 Å². The lowest BCUT2D eigenvalue weighted by atomic mass is 9.98. The summed E-state index contributed by atoms with van der Waals surface area (Å²) in [6, 6.07) is 6.31. The molecule has 118 valence electrons. The molecular formula is C19H30O2. The van der Waals surface area contributed by atoms with Gasteiger partial charge in [0.05, 0.1) is 6.61 Å². The molecule has 0 N–H and O–H groups in total. The van der Waals surface area contributed by atoms with Gasteiger partial charge in [0.25, 0.3) is 0 Å². The molecule has 2 heteroatoms. The van der Waals surface area contributed by atoms with Crippen molar-refractivity contribution in [2.45, 2.75) is 77.6 Å². The van der Waals surface area contributed by atoms with Crippen molar-refractivity contribution in [1.29, 1.82) is 0 Å². The molecule has 0 unspecified atom stereocenters. The quantitative estimate of drug-likeness (QED) is 0.411. The van der Waals surface area contributed by atoms with Gasteiger partial charge in [0.15, 0.2) is 5.75 Å². The maximum absolute atomic E-state index is 5.37. The highest BCUT2D eigenvalue weighted by Gasteiger charge is 2.13. The van der Waals surface area contributed by atoms with E-state index < -0.39 is 0 Å². The van der Waals surface area contributed by atoms with Gasteiger partial charge in [-0.1, -0.05) is 70.4 Å². The van der Waals surface area contributed by atoms with Gasteiger partial charge in [-0.15, -0.1) is 0 Å². The van der Waals surface area contributed by atoms with Crippen LogP contribution < -0.4 is 4.89 Å². The van der Waals surface area contributed by atoms with Gasteiger partial charge >= 0.3 is 0 Å². The summed E-state index contributed by atoms with van der Waals surface area (Å²) in [7, 11) is 0. The lowest BCUT2D eigenvalue weighted by Gasteiger charge is -2.09. The Morgan fingerprint density at radius 1 is 0.905 bits per heavy atom. The van der Waals surface area contributed by atoms with E-state index in [1.54, 1.807) is 0 Å². The SMILES string of the molecule is CCCCCCCCCCCc1c2cccc1OOCC2. The molecule has 2 nitrogen and oxygen atoms in total. The first-order chi connectivity index (χ1) is 10.4. The van der Waals surface area contributed by atoms with Crippen LogP contribution in [0.3, 0.4) is 0 Å². The van der Waals surface area contributed by atoms with E-state index >= 15 is 0 Å². The van der Waals surface area contributed by atoms with Crippen molar-refractivity contribution in [3.05, 3.63) is 29.3 Å². The Labute approximate surface area is 129 Å². The Morgan fingerprint density at radius 3 is 2.38 bits per heavy atom. The zero-order valence-corrected chi connectivity index (χ0v) is 13.5. The molecule has 2 rings (SSSR count). The van der Waals surface area contributed by atoms with Crippen LogP contribution in [0.15, 0.2) is 18.2 Å². The third-order valence-electron chi connectivity index (χ3n) is 4.36. The van der Waals surface area contributed by atoms with Crippen LogP contribution in [-0.2, 0) is 17.7 Å². The molecule has 1 aromatic rings. The summed E-state index contributed by atoms with van der Waals surface area (Å²) < 4.78 is 0. The minimum absolute atomic E-state index is 0.665. The van der Waals surface area contributed by atoms with Crippen molar-refractivity contribution in [3.63, 3.8) is 0 Å². The summed E-state index contributed by atoms with van der Waals surface area (Å²) in [4.78, 5) is 10.6. The van der Waals surface area contributed by atoms with E-state index in [9.17, 15) is 0 Å². The first kappa shape index (κ1) is 16.4. The van der Waals surface area contributed by atoms with Gasteiger partial charge in [-0.25, -0.2) is 0 Å². The molecule has 0 amide bonds. The normalized spacial score (nSPS) is 13.8. The van der Waals surface area contributed by atoms with Crippen molar-refractivity contribution >= 4 is 0 Å². The Hall–Kier alpha value is -1.02.